The van der Waals surface area contributed by atoms with Crippen LogP contribution in [0.15, 0.2) is 54.7 Å². The van der Waals surface area contributed by atoms with Crippen molar-refractivity contribution in [2.45, 2.75) is 85.7 Å². The van der Waals surface area contributed by atoms with E-state index in [9.17, 15) is 9.36 Å². The molecule has 0 spiro atoms. The third-order valence-corrected chi connectivity index (χ3v) is 11.4. The number of rotatable bonds is 20. The molecule has 2 heterocycles. The molecular formula is C39H58N4O4P+. The number of anilines is 1. The van der Waals surface area contributed by atoms with E-state index in [1.165, 1.54) is 22.2 Å². The minimum atomic E-state index is -3.05. The van der Waals surface area contributed by atoms with E-state index in [-0.39, 0.29) is 11.9 Å². The first-order valence-electron chi connectivity index (χ1n) is 18.2. The lowest BCUT2D eigenvalue weighted by Crippen LogP contribution is -2.37. The first kappa shape index (κ1) is 37.8. The largest absolute Gasteiger partial charge is 0.371 e. The summed E-state index contributed by atoms with van der Waals surface area (Å²) in [6.07, 6.45) is 12.4. The number of fused-ring (bicyclic) bond motifs is 2. The Morgan fingerprint density at radius 1 is 1.04 bits per heavy atom. The van der Waals surface area contributed by atoms with Gasteiger partial charge in [-0.2, -0.15) is 4.57 Å². The molecule has 0 saturated heterocycles. The third-order valence-electron chi connectivity index (χ3n) is 9.24. The van der Waals surface area contributed by atoms with Crippen LogP contribution < -0.4 is 14.8 Å². The normalized spacial score (nSPS) is 14.2. The number of benzene rings is 2. The second-order valence-electron chi connectivity index (χ2n) is 12.7. The van der Waals surface area contributed by atoms with E-state index in [1.54, 1.807) is 0 Å². The zero-order valence-corrected chi connectivity index (χ0v) is 30.9. The van der Waals surface area contributed by atoms with Crippen molar-refractivity contribution in [1.82, 2.24) is 10.2 Å². The van der Waals surface area contributed by atoms with Crippen molar-refractivity contribution in [2.24, 2.45) is 0 Å². The molecule has 48 heavy (non-hydrogen) atoms. The zero-order chi connectivity index (χ0) is 34.4. The number of aromatic nitrogens is 1. The number of amides is 1. The summed E-state index contributed by atoms with van der Waals surface area (Å²) in [5, 5.41) is 4.40. The fourth-order valence-electron chi connectivity index (χ4n) is 6.68. The second-order valence-corrected chi connectivity index (χ2v) is 14.9. The lowest BCUT2D eigenvalue weighted by atomic mass is 9.98. The van der Waals surface area contributed by atoms with Gasteiger partial charge in [0, 0.05) is 49.8 Å². The van der Waals surface area contributed by atoms with E-state index in [2.05, 4.69) is 107 Å². The van der Waals surface area contributed by atoms with Crippen molar-refractivity contribution in [3.63, 3.8) is 0 Å². The molecule has 262 valence electrons. The summed E-state index contributed by atoms with van der Waals surface area (Å²) < 4.78 is 26.1. The summed E-state index contributed by atoms with van der Waals surface area (Å²) in [5.74, 6) is 0.143. The monoisotopic (exact) mass is 677 g/mol. The van der Waals surface area contributed by atoms with Gasteiger partial charge in [-0.25, -0.2) is 0 Å². The SMILES string of the molecule is CCOP(=O)(CCC[n+]1ccc(C=Cc2ccc3c(c2)CCCN3CCC(=O)NC(C)CCCN(CC)CC)c2ccccc21)OCC. The number of para-hydroxylation sites is 1. The van der Waals surface area contributed by atoms with Crippen LogP contribution in [-0.2, 0) is 31.4 Å². The van der Waals surface area contributed by atoms with Crippen LogP contribution in [0.25, 0.3) is 23.1 Å². The maximum atomic E-state index is 12.9. The van der Waals surface area contributed by atoms with Crippen LogP contribution in [0.3, 0.4) is 0 Å². The highest BCUT2D eigenvalue weighted by atomic mass is 31.2. The quantitative estimate of drug-likeness (QED) is 0.0975. The molecule has 1 amide bonds. The molecule has 1 atom stereocenters. The topological polar surface area (TPSA) is 75.0 Å². The summed E-state index contributed by atoms with van der Waals surface area (Å²) in [4.78, 5) is 17.6. The van der Waals surface area contributed by atoms with Crippen molar-refractivity contribution in [3.05, 3.63) is 71.4 Å². The highest BCUT2D eigenvalue weighted by Crippen LogP contribution is 2.48. The predicted octanol–water partition coefficient (Wildman–Crippen LogP) is 7.72. The molecule has 1 aliphatic rings. The van der Waals surface area contributed by atoms with Crippen LogP contribution in [0.5, 0.6) is 0 Å². The Hall–Kier alpha value is -3.03. The van der Waals surface area contributed by atoms with Crippen molar-refractivity contribution in [3.8, 4) is 0 Å². The van der Waals surface area contributed by atoms with E-state index < -0.39 is 7.60 Å². The Morgan fingerprint density at radius 2 is 1.81 bits per heavy atom. The molecule has 9 heteroatoms. The van der Waals surface area contributed by atoms with Crippen LogP contribution in [0.1, 0.15) is 83.4 Å². The molecule has 1 aromatic heterocycles. The Labute approximate surface area is 289 Å². The smallest absolute Gasteiger partial charge is 0.330 e. The highest BCUT2D eigenvalue weighted by molar-refractivity contribution is 7.53. The molecule has 1 unspecified atom stereocenters. The molecule has 1 N–H and O–H groups in total. The highest BCUT2D eigenvalue weighted by Gasteiger charge is 2.24. The van der Waals surface area contributed by atoms with E-state index in [0.29, 0.717) is 32.2 Å². The molecule has 0 aliphatic carbocycles. The van der Waals surface area contributed by atoms with Gasteiger partial charge in [0.1, 0.15) is 6.54 Å². The number of carbonyl (C=O) groups excluding carboxylic acids is 1. The zero-order valence-electron chi connectivity index (χ0n) is 30.0. The number of aryl methyl sites for hydroxylation is 2. The number of carbonyl (C=O) groups is 1. The molecule has 0 fully saturated rings. The number of pyridine rings is 1. The molecular weight excluding hydrogens is 619 g/mol. The Bertz CT molecular complexity index is 1530. The molecule has 2 aromatic carbocycles. The first-order chi connectivity index (χ1) is 23.3. The van der Waals surface area contributed by atoms with Crippen molar-refractivity contribution >= 4 is 42.2 Å². The van der Waals surface area contributed by atoms with Crippen LogP contribution >= 0.6 is 7.60 Å². The van der Waals surface area contributed by atoms with Gasteiger partial charge in [-0.3, -0.25) is 9.36 Å². The number of hydrogen-bond acceptors (Lipinski definition) is 6. The van der Waals surface area contributed by atoms with Gasteiger partial charge in [-0.05, 0) is 101 Å². The van der Waals surface area contributed by atoms with Crippen molar-refractivity contribution in [1.29, 1.82) is 0 Å². The van der Waals surface area contributed by atoms with Gasteiger partial charge in [0.15, 0.2) is 6.20 Å². The van der Waals surface area contributed by atoms with E-state index in [1.807, 2.05) is 13.8 Å². The van der Waals surface area contributed by atoms with Crippen LogP contribution in [0, 0.1) is 0 Å². The van der Waals surface area contributed by atoms with Gasteiger partial charge >= 0.3 is 7.60 Å². The van der Waals surface area contributed by atoms with E-state index >= 15 is 0 Å². The summed E-state index contributed by atoms with van der Waals surface area (Å²) in [6, 6.07) is 17.5. The maximum absolute atomic E-state index is 12.9. The fraction of sp³-hybridized carbons (Fsp3) is 0.538. The Kier molecular flexibility index (Phi) is 15.1. The third kappa shape index (κ3) is 11.0. The summed E-state index contributed by atoms with van der Waals surface area (Å²) >= 11 is 0. The lowest BCUT2D eigenvalue weighted by Gasteiger charge is -2.31. The average molecular weight is 678 g/mol. The summed E-state index contributed by atoms with van der Waals surface area (Å²) in [7, 11) is -3.05. The number of hydrogen-bond donors (Lipinski definition) is 1. The molecule has 0 saturated carbocycles. The van der Waals surface area contributed by atoms with Gasteiger partial charge in [0.2, 0.25) is 11.4 Å². The molecule has 0 bridgehead atoms. The van der Waals surface area contributed by atoms with Crippen molar-refractivity contribution < 1.29 is 23.0 Å². The lowest BCUT2D eigenvalue weighted by molar-refractivity contribution is -0.671. The van der Waals surface area contributed by atoms with Gasteiger partial charge < -0.3 is 24.2 Å². The van der Waals surface area contributed by atoms with Gasteiger partial charge in [0.25, 0.3) is 0 Å². The minimum absolute atomic E-state index is 0.143. The average Bonchev–Trinajstić information content (AvgIpc) is 3.08. The minimum Gasteiger partial charge on any atom is -0.371 e. The maximum Gasteiger partial charge on any atom is 0.330 e. The van der Waals surface area contributed by atoms with Crippen LogP contribution in [-0.4, -0.2) is 68.9 Å². The number of nitrogens with one attached hydrogen (secondary N) is 1. The molecule has 3 aromatic rings. The molecule has 4 rings (SSSR count). The Morgan fingerprint density at radius 3 is 2.56 bits per heavy atom. The van der Waals surface area contributed by atoms with Gasteiger partial charge in [-0.15, -0.1) is 0 Å². The summed E-state index contributed by atoms with van der Waals surface area (Å²) in [5.41, 5.74) is 6.07. The first-order valence-corrected chi connectivity index (χ1v) is 19.9. The predicted molar refractivity (Wildman–Crippen MR) is 200 cm³/mol. The second kappa shape index (κ2) is 19.2. The van der Waals surface area contributed by atoms with Crippen LogP contribution in [0.4, 0.5) is 5.69 Å². The summed E-state index contributed by atoms with van der Waals surface area (Å²) in [6.45, 7) is 16.7. The van der Waals surface area contributed by atoms with E-state index in [0.717, 1.165) is 76.0 Å². The Balaban J connectivity index is 1.35. The number of nitrogens with zero attached hydrogens (tertiary/aromatic N) is 3. The molecule has 1 aliphatic heterocycles. The standard InChI is InChI=1S/C39H57N4O4P/c1-6-41(7-2)25-12-15-32(5)40-39(44)24-29-42-26-13-16-35-31-33(20-22-37(35)42)19-21-34-23-28-43(38-18-11-10-17-36(34)38)27-14-30-48(45,46-8-3)47-9-4/h10-11,17-23,28,31-32H,6-9,12-16,24-27,29-30H2,1-5H3/p+1. The van der Waals surface area contributed by atoms with Gasteiger partial charge in [0.05, 0.1) is 24.8 Å². The van der Waals surface area contributed by atoms with E-state index in [4.69, 9.17) is 9.05 Å². The van der Waals surface area contributed by atoms with Crippen molar-refractivity contribution in [2.75, 3.05) is 57.0 Å². The van der Waals surface area contributed by atoms with Gasteiger partial charge in [-0.1, -0.05) is 44.2 Å². The fourth-order valence-corrected chi connectivity index (χ4v) is 8.33. The van der Waals surface area contributed by atoms with Crippen LogP contribution in [0.2, 0.25) is 0 Å². The molecule has 0 radical (unpaired) electrons. The molecule has 8 nitrogen and oxygen atoms in total.